The SMILES string of the molecule is CCCCCC(CC(=O)N1CCCCC1)C(=O)NC(Cc1ccccc1)C(=O)N1CCCC1CO. The molecule has 0 aliphatic carbocycles. The highest BCUT2D eigenvalue weighted by Gasteiger charge is 2.35. The van der Waals surface area contributed by atoms with Crippen LogP contribution in [0.15, 0.2) is 30.3 Å². The van der Waals surface area contributed by atoms with Gasteiger partial charge < -0.3 is 20.2 Å². The molecule has 0 saturated carbocycles. The molecule has 1 aromatic rings. The number of amides is 3. The third kappa shape index (κ3) is 8.06. The summed E-state index contributed by atoms with van der Waals surface area (Å²) in [6.45, 7) is 4.19. The molecule has 3 atom stereocenters. The van der Waals surface area contributed by atoms with Gasteiger partial charge in [0.25, 0.3) is 0 Å². The quantitative estimate of drug-likeness (QED) is 0.445. The van der Waals surface area contributed by atoms with E-state index in [4.69, 9.17) is 0 Å². The Morgan fingerprint density at radius 1 is 1.03 bits per heavy atom. The molecule has 3 unspecified atom stereocenters. The number of benzene rings is 1. The molecule has 7 nitrogen and oxygen atoms in total. The van der Waals surface area contributed by atoms with E-state index in [0.29, 0.717) is 19.4 Å². The highest BCUT2D eigenvalue weighted by Crippen LogP contribution is 2.21. The Bertz CT molecular complexity index is 810. The molecule has 7 heteroatoms. The molecule has 3 amide bonds. The van der Waals surface area contributed by atoms with Crippen molar-refractivity contribution in [2.75, 3.05) is 26.2 Å². The number of rotatable bonds is 12. The predicted octanol–water partition coefficient (Wildman–Crippen LogP) is 3.30. The topological polar surface area (TPSA) is 90.0 Å². The summed E-state index contributed by atoms with van der Waals surface area (Å²) < 4.78 is 0. The predicted molar refractivity (Wildman–Crippen MR) is 137 cm³/mol. The summed E-state index contributed by atoms with van der Waals surface area (Å²) in [5.74, 6) is -0.740. The molecule has 1 aromatic carbocycles. The minimum Gasteiger partial charge on any atom is -0.394 e. The maximum absolute atomic E-state index is 13.5. The highest BCUT2D eigenvalue weighted by atomic mass is 16.3. The Morgan fingerprint density at radius 2 is 1.77 bits per heavy atom. The summed E-state index contributed by atoms with van der Waals surface area (Å²) >= 11 is 0. The van der Waals surface area contributed by atoms with Crippen molar-refractivity contribution in [2.24, 2.45) is 5.92 Å². The van der Waals surface area contributed by atoms with Crippen LogP contribution in [0.2, 0.25) is 0 Å². The summed E-state index contributed by atoms with van der Waals surface area (Å²) in [6.07, 6.45) is 9.01. The average Bonchev–Trinajstić information content (AvgIpc) is 3.37. The fourth-order valence-corrected chi connectivity index (χ4v) is 5.31. The molecule has 194 valence electrons. The van der Waals surface area contributed by atoms with Crippen molar-refractivity contribution < 1.29 is 19.5 Å². The molecule has 35 heavy (non-hydrogen) atoms. The zero-order valence-corrected chi connectivity index (χ0v) is 21.3. The van der Waals surface area contributed by atoms with Gasteiger partial charge in [-0.15, -0.1) is 0 Å². The van der Waals surface area contributed by atoms with Crippen molar-refractivity contribution in [1.29, 1.82) is 0 Å². The number of nitrogens with one attached hydrogen (secondary N) is 1. The van der Waals surface area contributed by atoms with Gasteiger partial charge in [0.1, 0.15) is 6.04 Å². The summed E-state index contributed by atoms with van der Waals surface area (Å²) in [5, 5.41) is 12.8. The Kier molecular flexibility index (Phi) is 11.0. The number of carbonyl (C=O) groups excluding carboxylic acids is 3. The van der Waals surface area contributed by atoms with Crippen LogP contribution in [-0.2, 0) is 20.8 Å². The van der Waals surface area contributed by atoms with E-state index in [0.717, 1.165) is 70.0 Å². The van der Waals surface area contributed by atoms with Gasteiger partial charge in [-0.2, -0.15) is 0 Å². The van der Waals surface area contributed by atoms with Crippen molar-refractivity contribution in [3.8, 4) is 0 Å². The van der Waals surface area contributed by atoms with E-state index in [-0.39, 0.29) is 36.8 Å². The van der Waals surface area contributed by atoms with Crippen LogP contribution in [-0.4, -0.2) is 71.0 Å². The van der Waals surface area contributed by atoms with Crippen molar-refractivity contribution >= 4 is 17.7 Å². The number of carbonyl (C=O) groups is 3. The monoisotopic (exact) mass is 485 g/mol. The lowest BCUT2D eigenvalue weighted by molar-refractivity contribution is -0.140. The standard InChI is InChI=1S/C28H43N3O4/c1-2-3-6-14-23(20-26(33)30-16-9-5-10-17-30)27(34)29-25(19-22-12-7-4-8-13-22)28(35)31-18-11-15-24(31)21-32/h4,7-8,12-13,23-25,32H,2-3,5-6,9-11,14-21H2,1H3,(H,29,34). The minimum atomic E-state index is -0.712. The molecular formula is C28H43N3O4. The van der Waals surface area contributed by atoms with Gasteiger partial charge in [0.2, 0.25) is 17.7 Å². The van der Waals surface area contributed by atoms with Gasteiger partial charge >= 0.3 is 0 Å². The number of hydrogen-bond acceptors (Lipinski definition) is 4. The number of piperidine rings is 1. The molecule has 2 aliphatic rings. The number of aliphatic hydroxyl groups is 1. The number of likely N-dealkylation sites (tertiary alicyclic amines) is 2. The normalized spacial score (nSPS) is 19.9. The minimum absolute atomic E-state index is 0.0483. The first-order chi connectivity index (χ1) is 17.0. The molecule has 2 N–H and O–H groups in total. The van der Waals surface area contributed by atoms with Crippen molar-refractivity contribution in [3.63, 3.8) is 0 Å². The first-order valence-corrected chi connectivity index (χ1v) is 13.6. The Morgan fingerprint density at radius 3 is 2.46 bits per heavy atom. The lowest BCUT2D eigenvalue weighted by Crippen LogP contribution is -2.53. The van der Waals surface area contributed by atoms with Crippen LogP contribution in [0, 0.1) is 5.92 Å². The molecule has 2 fully saturated rings. The average molecular weight is 486 g/mol. The highest BCUT2D eigenvalue weighted by molar-refractivity contribution is 5.91. The molecule has 0 aromatic heterocycles. The largest absolute Gasteiger partial charge is 0.394 e. The summed E-state index contributed by atoms with van der Waals surface area (Å²) in [5.41, 5.74) is 0.970. The lowest BCUT2D eigenvalue weighted by atomic mass is 9.94. The Labute approximate surface area is 210 Å². The first kappa shape index (κ1) is 27.2. The van der Waals surface area contributed by atoms with Crippen LogP contribution in [0.4, 0.5) is 0 Å². The van der Waals surface area contributed by atoms with Crippen LogP contribution >= 0.6 is 0 Å². The van der Waals surface area contributed by atoms with Gasteiger partial charge in [-0.25, -0.2) is 0 Å². The fraction of sp³-hybridized carbons (Fsp3) is 0.679. The van der Waals surface area contributed by atoms with Gasteiger partial charge in [-0.05, 0) is 44.1 Å². The maximum Gasteiger partial charge on any atom is 0.245 e. The van der Waals surface area contributed by atoms with Crippen LogP contribution in [0.5, 0.6) is 0 Å². The van der Waals surface area contributed by atoms with Crippen LogP contribution in [0.25, 0.3) is 0 Å². The molecule has 0 radical (unpaired) electrons. The van der Waals surface area contributed by atoms with Gasteiger partial charge in [-0.1, -0.05) is 56.5 Å². The number of nitrogens with zero attached hydrogens (tertiary/aromatic N) is 2. The molecule has 2 saturated heterocycles. The second-order valence-corrected chi connectivity index (χ2v) is 10.1. The lowest BCUT2D eigenvalue weighted by Gasteiger charge is -2.31. The van der Waals surface area contributed by atoms with E-state index < -0.39 is 12.0 Å². The summed E-state index contributed by atoms with van der Waals surface area (Å²) in [7, 11) is 0. The Balaban J connectivity index is 1.73. The second kappa shape index (κ2) is 14.2. The zero-order chi connectivity index (χ0) is 25.0. The van der Waals surface area contributed by atoms with Crippen molar-refractivity contribution in [1.82, 2.24) is 15.1 Å². The number of aliphatic hydroxyl groups excluding tert-OH is 1. The number of hydrogen-bond donors (Lipinski definition) is 2. The van der Waals surface area contributed by atoms with Gasteiger partial charge in [-0.3, -0.25) is 14.4 Å². The van der Waals surface area contributed by atoms with E-state index in [9.17, 15) is 19.5 Å². The second-order valence-electron chi connectivity index (χ2n) is 10.1. The molecule has 0 bridgehead atoms. The maximum atomic E-state index is 13.5. The summed E-state index contributed by atoms with van der Waals surface area (Å²) in [4.78, 5) is 43.7. The van der Waals surface area contributed by atoms with E-state index in [2.05, 4.69) is 12.2 Å². The molecule has 2 heterocycles. The van der Waals surface area contributed by atoms with Crippen LogP contribution in [0.3, 0.4) is 0 Å². The van der Waals surface area contributed by atoms with E-state index >= 15 is 0 Å². The number of unbranched alkanes of at least 4 members (excludes halogenated alkanes) is 2. The van der Waals surface area contributed by atoms with E-state index in [1.54, 1.807) is 4.90 Å². The first-order valence-electron chi connectivity index (χ1n) is 13.6. The van der Waals surface area contributed by atoms with Crippen molar-refractivity contribution in [2.45, 2.75) is 89.6 Å². The van der Waals surface area contributed by atoms with E-state index in [1.807, 2.05) is 35.2 Å². The van der Waals surface area contributed by atoms with Gasteiger partial charge in [0.05, 0.1) is 12.6 Å². The third-order valence-electron chi connectivity index (χ3n) is 7.42. The molecule has 3 rings (SSSR count). The fourth-order valence-electron chi connectivity index (χ4n) is 5.31. The van der Waals surface area contributed by atoms with Gasteiger partial charge in [0, 0.05) is 38.4 Å². The third-order valence-corrected chi connectivity index (χ3v) is 7.42. The zero-order valence-electron chi connectivity index (χ0n) is 21.3. The van der Waals surface area contributed by atoms with Gasteiger partial charge in [0.15, 0.2) is 0 Å². The smallest absolute Gasteiger partial charge is 0.245 e. The molecule has 2 aliphatic heterocycles. The van der Waals surface area contributed by atoms with E-state index in [1.165, 1.54) is 0 Å². The van der Waals surface area contributed by atoms with Crippen LogP contribution in [0.1, 0.15) is 76.7 Å². The molecular weight excluding hydrogens is 442 g/mol. The van der Waals surface area contributed by atoms with Crippen molar-refractivity contribution in [3.05, 3.63) is 35.9 Å². The molecule has 0 spiro atoms. The Hall–Kier alpha value is -2.41. The van der Waals surface area contributed by atoms with Crippen LogP contribution < -0.4 is 5.32 Å². The summed E-state index contributed by atoms with van der Waals surface area (Å²) in [6, 6.07) is 8.79.